The molecule has 106 valence electrons. The van der Waals surface area contributed by atoms with E-state index in [9.17, 15) is 9.18 Å². The zero-order valence-corrected chi connectivity index (χ0v) is 12.6. The van der Waals surface area contributed by atoms with E-state index in [1.807, 2.05) is 24.3 Å². The Morgan fingerprint density at radius 1 is 1.14 bits per heavy atom. The molecule has 1 aromatic heterocycles. The lowest BCUT2D eigenvalue weighted by Gasteiger charge is -2.09. The minimum atomic E-state index is -0.290. The quantitative estimate of drug-likeness (QED) is 0.751. The number of aromatic amines is 1. The van der Waals surface area contributed by atoms with E-state index in [1.54, 1.807) is 12.1 Å². The molecule has 0 spiro atoms. The van der Waals surface area contributed by atoms with Gasteiger partial charge in [-0.15, -0.1) is 0 Å². The van der Waals surface area contributed by atoms with Crippen molar-refractivity contribution in [2.45, 2.75) is 6.54 Å². The van der Waals surface area contributed by atoms with Gasteiger partial charge in [0.2, 0.25) is 0 Å². The van der Waals surface area contributed by atoms with Crippen LogP contribution in [0.4, 0.5) is 10.2 Å². The first kappa shape index (κ1) is 13.8. The lowest BCUT2D eigenvalue weighted by atomic mass is 10.1. The molecule has 3 nitrogen and oxygen atoms in total. The van der Waals surface area contributed by atoms with Crippen LogP contribution >= 0.6 is 15.9 Å². The average Bonchev–Trinajstić information content (AvgIpc) is 2.48. The van der Waals surface area contributed by atoms with E-state index in [1.165, 1.54) is 12.1 Å². The van der Waals surface area contributed by atoms with Crippen LogP contribution in [-0.4, -0.2) is 4.98 Å². The molecule has 5 heteroatoms. The second-order valence-electron chi connectivity index (χ2n) is 4.69. The number of hydrogen-bond acceptors (Lipinski definition) is 2. The second kappa shape index (κ2) is 5.69. The summed E-state index contributed by atoms with van der Waals surface area (Å²) in [6.07, 6.45) is 0. The van der Waals surface area contributed by atoms with Crippen molar-refractivity contribution < 1.29 is 4.39 Å². The van der Waals surface area contributed by atoms with Crippen molar-refractivity contribution in [1.82, 2.24) is 4.98 Å². The van der Waals surface area contributed by atoms with Crippen LogP contribution in [0.1, 0.15) is 5.56 Å². The molecule has 0 aliphatic heterocycles. The Kier molecular flexibility index (Phi) is 3.75. The number of halogens is 2. The molecule has 0 aliphatic rings. The zero-order valence-electron chi connectivity index (χ0n) is 11.0. The van der Waals surface area contributed by atoms with Crippen LogP contribution in [0.5, 0.6) is 0 Å². The third-order valence-corrected chi connectivity index (χ3v) is 4.00. The van der Waals surface area contributed by atoms with Crippen LogP contribution < -0.4 is 10.9 Å². The highest BCUT2D eigenvalue weighted by Gasteiger charge is 2.04. The van der Waals surface area contributed by atoms with E-state index >= 15 is 0 Å². The molecule has 0 saturated carbocycles. The fourth-order valence-electron chi connectivity index (χ4n) is 2.18. The van der Waals surface area contributed by atoms with Crippen LogP contribution in [-0.2, 0) is 6.54 Å². The Hall–Kier alpha value is -2.14. The highest BCUT2D eigenvalue weighted by Crippen LogP contribution is 2.19. The van der Waals surface area contributed by atoms with E-state index in [-0.39, 0.29) is 11.4 Å². The molecule has 0 radical (unpaired) electrons. The third kappa shape index (κ3) is 2.97. The molecule has 0 aliphatic carbocycles. The Bertz CT molecular complexity index is 860. The predicted molar refractivity (Wildman–Crippen MR) is 86.0 cm³/mol. The molecule has 0 atom stereocenters. The summed E-state index contributed by atoms with van der Waals surface area (Å²) >= 11 is 3.38. The standard InChI is InChI=1S/C16H12BrFN2O/c17-14-6-5-12(18)7-11(14)9-19-15-8-10-3-1-2-4-13(10)16(21)20-15/h1-8H,9H2,(H2,19,20,21). The number of nitrogens with one attached hydrogen (secondary N) is 2. The molecule has 0 saturated heterocycles. The van der Waals surface area contributed by atoms with Gasteiger partial charge in [-0.25, -0.2) is 4.39 Å². The van der Waals surface area contributed by atoms with E-state index in [4.69, 9.17) is 0 Å². The predicted octanol–water partition coefficient (Wildman–Crippen LogP) is 4.04. The van der Waals surface area contributed by atoms with Crippen molar-refractivity contribution in [1.29, 1.82) is 0 Å². The molecular weight excluding hydrogens is 335 g/mol. The molecule has 0 fully saturated rings. The summed E-state index contributed by atoms with van der Waals surface area (Å²) in [7, 11) is 0. The van der Waals surface area contributed by atoms with Crippen molar-refractivity contribution in [3.8, 4) is 0 Å². The third-order valence-electron chi connectivity index (χ3n) is 3.23. The molecular formula is C16H12BrFN2O. The number of pyridine rings is 1. The van der Waals surface area contributed by atoms with Gasteiger partial charge in [0.15, 0.2) is 0 Å². The second-order valence-corrected chi connectivity index (χ2v) is 5.54. The van der Waals surface area contributed by atoms with Gasteiger partial charge >= 0.3 is 0 Å². The summed E-state index contributed by atoms with van der Waals surface area (Å²) < 4.78 is 14.1. The average molecular weight is 347 g/mol. The summed E-state index contributed by atoms with van der Waals surface area (Å²) in [5, 5.41) is 4.62. The van der Waals surface area contributed by atoms with Gasteiger partial charge in [0.1, 0.15) is 11.6 Å². The normalized spacial score (nSPS) is 10.8. The number of hydrogen-bond donors (Lipinski definition) is 2. The first-order valence-corrected chi connectivity index (χ1v) is 7.22. The molecule has 0 unspecified atom stereocenters. The Balaban J connectivity index is 1.88. The minimum absolute atomic E-state index is 0.145. The van der Waals surface area contributed by atoms with Gasteiger partial charge in [-0.2, -0.15) is 0 Å². The van der Waals surface area contributed by atoms with Crippen molar-refractivity contribution in [2.24, 2.45) is 0 Å². The molecule has 3 rings (SSSR count). The zero-order chi connectivity index (χ0) is 14.8. The molecule has 0 amide bonds. The van der Waals surface area contributed by atoms with Crippen LogP contribution in [0, 0.1) is 5.82 Å². The Morgan fingerprint density at radius 3 is 2.81 bits per heavy atom. The number of anilines is 1. The maximum absolute atomic E-state index is 13.2. The number of benzene rings is 2. The summed E-state index contributed by atoms with van der Waals surface area (Å²) in [5.74, 6) is 0.317. The summed E-state index contributed by atoms with van der Waals surface area (Å²) in [6, 6.07) is 13.7. The maximum atomic E-state index is 13.2. The van der Waals surface area contributed by atoms with Gasteiger partial charge in [0, 0.05) is 16.4 Å². The van der Waals surface area contributed by atoms with Gasteiger partial charge in [0.05, 0.1) is 0 Å². The number of fused-ring (bicyclic) bond motifs is 1. The van der Waals surface area contributed by atoms with Gasteiger partial charge in [-0.1, -0.05) is 34.1 Å². The van der Waals surface area contributed by atoms with Crippen LogP contribution in [0.25, 0.3) is 10.8 Å². The monoisotopic (exact) mass is 346 g/mol. The van der Waals surface area contributed by atoms with Crippen molar-refractivity contribution in [3.05, 3.63) is 74.7 Å². The smallest absolute Gasteiger partial charge is 0.257 e. The van der Waals surface area contributed by atoms with Gasteiger partial charge in [-0.05, 0) is 41.3 Å². The summed E-state index contributed by atoms with van der Waals surface area (Å²) in [5.41, 5.74) is 0.637. The SMILES string of the molecule is O=c1[nH]c(NCc2cc(F)ccc2Br)cc2ccccc12. The highest BCUT2D eigenvalue weighted by atomic mass is 79.9. The van der Waals surface area contributed by atoms with Crippen LogP contribution in [0.3, 0.4) is 0 Å². The highest BCUT2D eigenvalue weighted by molar-refractivity contribution is 9.10. The summed E-state index contributed by atoms with van der Waals surface area (Å²) in [6.45, 7) is 0.409. The largest absolute Gasteiger partial charge is 0.367 e. The van der Waals surface area contributed by atoms with Crippen molar-refractivity contribution >= 4 is 32.5 Å². The van der Waals surface area contributed by atoms with Gasteiger partial charge in [-0.3, -0.25) is 4.79 Å². The van der Waals surface area contributed by atoms with Crippen molar-refractivity contribution in [3.63, 3.8) is 0 Å². The van der Waals surface area contributed by atoms with Gasteiger partial charge < -0.3 is 10.3 Å². The molecule has 3 aromatic rings. The number of rotatable bonds is 3. The molecule has 1 heterocycles. The lowest BCUT2D eigenvalue weighted by Crippen LogP contribution is -2.11. The van der Waals surface area contributed by atoms with E-state index in [0.717, 1.165) is 15.4 Å². The molecule has 2 N–H and O–H groups in total. The maximum Gasteiger partial charge on any atom is 0.257 e. The molecule has 2 aromatic carbocycles. The fourth-order valence-corrected chi connectivity index (χ4v) is 2.56. The fraction of sp³-hybridized carbons (Fsp3) is 0.0625. The molecule has 0 bridgehead atoms. The van der Waals surface area contributed by atoms with Crippen LogP contribution in [0.2, 0.25) is 0 Å². The topological polar surface area (TPSA) is 44.9 Å². The van der Waals surface area contributed by atoms with Crippen molar-refractivity contribution in [2.75, 3.05) is 5.32 Å². The summed E-state index contributed by atoms with van der Waals surface area (Å²) in [4.78, 5) is 14.7. The minimum Gasteiger partial charge on any atom is -0.367 e. The Morgan fingerprint density at radius 2 is 1.95 bits per heavy atom. The lowest BCUT2D eigenvalue weighted by molar-refractivity contribution is 0.625. The van der Waals surface area contributed by atoms with Crippen LogP contribution in [0.15, 0.2) is 57.8 Å². The first-order valence-electron chi connectivity index (χ1n) is 6.43. The van der Waals surface area contributed by atoms with E-state index < -0.39 is 0 Å². The Labute approximate surface area is 128 Å². The number of H-pyrrole nitrogens is 1. The van der Waals surface area contributed by atoms with E-state index in [0.29, 0.717) is 17.7 Å². The number of aromatic nitrogens is 1. The van der Waals surface area contributed by atoms with E-state index in [2.05, 4.69) is 26.2 Å². The molecule has 21 heavy (non-hydrogen) atoms. The van der Waals surface area contributed by atoms with Gasteiger partial charge in [0.25, 0.3) is 5.56 Å². The first-order chi connectivity index (χ1) is 10.1.